The highest BCUT2D eigenvalue weighted by atomic mass is 35.5. The van der Waals surface area contributed by atoms with Gasteiger partial charge in [-0.3, -0.25) is 9.59 Å². The number of fused-ring (bicyclic) bond motifs is 1. The number of carbonyl (C=O) groups is 2. The van der Waals surface area contributed by atoms with Gasteiger partial charge in [-0.05, 0) is 49.4 Å². The third kappa shape index (κ3) is 3.57. The van der Waals surface area contributed by atoms with Crippen LogP contribution in [0.15, 0.2) is 46.9 Å². The molecule has 1 heterocycles. The predicted octanol–water partition coefficient (Wildman–Crippen LogP) is 4.21. The molecule has 3 rings (SSSR count). The van der Waals surface area contributed by atoms with E-state index in [9.17, 15) is 9.59 Å². The molecule has 1 N–H and O–H groups in total. The van der Waals surface area contributed by atoms with Gasteiger partial charge < -0.3 is 14.5 Å². The lowest BCUT2D eigenvalue weighted by atomic mass is 10.0. The summed E-state index contributed by atoms with van der Waals surface area (Å²) in [6, 6.07) is 11.9. The Kier molecular flexibility index (Phi) is 4.88. The smallest absolute Gasteiger partial charge is 0.250 e. The lowest BCUT2D eigenvalue weighted by molar-refractivity contribution is -0.119. The van der Waals surface area contributed by atoms with Crippen LogP contribution >= 0.6 is 11.6 Å². The van der Waals surface area contributed by atoms with Crippen LogP contribution in [0.3, 0.4) is 0 Å². The minimum atomic E-state index is -0.250. The van der Waals surface area contributed by atoms with Gasteiger partial charge in [0.05, 0.1) is 0 Å². The van der Waals surface area contributed by atoms with Gasteiger partial charge in [0.1, 0.15) is 12.2 Å². The molecule has 0 saturated carbocycles. The van der Waals surface area contributed by atoms with E-state index in [-0.39, 0.29) is 24.1 Å². The van der Waals surface area contributed by atoms with Crippen LogP contribution in [-0.2, 0) is 9.53 Å². The van der Waals surface area contributed by atoms with Crippen molar-refractivity contribution in [3.63, 3.8) is 0 Å². The summed E-state index contributed by atoms with van der Waals surface area (Å²) in [4.78, 5) is 24.3. The van der Waals surface area contributed by atoms with E-state index < -0.39 is 0 Å². The van der Waals surface area contributed by atoms with E-state index in [1.54, 1.807) is 42.5 Å². The molecule has 0 spiro atoms. The summed E-state index contributed by atoms with van der Waals surface area (Å²) in [5.74, 6) is -0.187. The molecule has 25 heavy (non-hydrogen) atoms. The number of ether oxygens (including phenoxy) is 1. The molecule has 0 radical (unpaired) electrons. The number of hydrogen-bond acceptors (Lipinski definition) is 4. The second kappa shape index (κ2) is 7.09. The molecule has 6 heteroatoms. The van der Waals surface area contributed by atoms with Crippen LogP contribution in [0.4, 0.5) is 5.69 Å². The van der Waals surface area contributed by atoms with Crippen LogP contribution in [0.5, 0.6) is 0 Å². The lowest BCUT2D eigenvalue weighted by Gasteiger charge is -2.04. The summed E-state index contributed by atoms with van der Waals surface area (Å²) < 4.78 is 10.5. The summed E-state index contributed by atoms with van der Waals surface area (Å²) in [6.45, 7) is 1.79. The highest BCUT2D eigenvalue weighted by Crippen LogP contribution is 2.29. The van der Waals surface area contributed by atoms with Gasteiger partial charge >= 0.3 is 0 Å². The molecule has 0 aliphatic carbocycles. The van der Waals surface area contributed by atoms with Gasteiger partial charge in [0.15, 0.2) is 5.76 Å². The van der Waals surface area contributed by atoms with Crippen molar-refractivity contribution < 1.29 is 18.7 Å². The number of nitrogens with one attached hydrogen (secondary N) is 1. The van der Waals surface area contributed by atoms with Gasteiger partial charge in [0.2, 0.25) is 11.7 Å². The molecule has 0 saturated heterocycles. The first kappa shape index (κ1) is 17.2. The Labute approximate surface area is 149 Å². The highest BCUT2D eigenvalue weighted by molar-refractivity contribution is 6.30. The van der Waals surface area contributed by atoms with E-state index in [2.05, 4.69) is 5.32 Å². The van der Waals surface area contributed by atoms with E-state index >= 15 is 0 Å². The van der Waals surface area contributed by atoms with Gasteiger partial charge in [-0.2, -0.15) is 0 Å². The average Bonchev–Trinajstić information content (AvgIpc) is 2.92. The fourth-order valence-electron chi connectivity index (χ4n) is 2.58. The first-order valence-electron chi connectivity index (χ1n) is 7.62. The Bertz CT molecular complexity index is 944. The average molecular weight is 358 g/mol. The molecule has 0 aliphatic rings. The maximum atomic E-state index is 12.7. The number of benzene rings is 2. The summed E-state index contributed by atoms with van der Waals surface area (Å²) in [7, 11) is 1.46. The highest BCUT2D eigenvalue weighted by Gasteiger charge is 2.19. The Morgan fingerprint density at radius 3 is 2.56 bits per heavy atom. The molecule has 0 bridgehead atoms. The van der Waals surface area contributed by atoms with Crippen molar-refractivity contribution in [1.82, 2.24) is 0 Å². The number of methoxy groups -OCH3 is 1. The van der Waals surface area contributed by atoms with Crippen molar-refractivity contribution in [2.75, 3.05) is 19.0 Å². The van der Waals surface area contributed by atoms with Crippen LogP contribution < -0.4 is 5.32 Å². The van der Waals surface area contributed by atoms with Gasteiger partial charge in [-0.25, -0.2) is 0 Å². The SMILES string of the molecule is COCC(=O)Nc1ccc2oc(C(=O)c3ccc(Cl)cc3)c(C)c2c1. The van der Waals surface area contributed by atoms with Gasteiger partial charge in [-0.1, -0.05) is 11.6 Å². The molecule has 3 aromatic rings. The summed E-state index contributed by atoms with van der Waals surface area (Å²) in [6.07, 6.45) is 0. The fraction of sp³-hybridized carbons (Fsp3) is 0.158. The molecule has 128 valence electrons. The maximum absolute atomic E-state index is 12.7. The normalized spacial score (nSPS) is 10.8. The Morgan fingerprint density at radius 2 is 1.88 bits per heavy atom. The van der Waals surface area contributed by atoms with Crippen LogP contribution in [0.25, 0.3) is 11.0 Å². The zero-order valence-corrected chi connectivity index (χ0v) is 14.5. The van der Waals surface area contributed by atoms with Crippen LogP contribution in [0.2, 0.25) is 5.02 Å². The molecular formula is C19H16ClNO4. The summed E-state index contributed by atoms with van der Waals surface area (Å²) in [5.41, 5.74) is 2.42. The van der Waals surface area contributed by atoms with Crippen molar-refractivity contribution in [2.45, 2.75) is 6.92 Å². The first-order chi connectivity index (χ1) is 12.0. The topological polar surface area (TPSA) is 68.5 Å². The van der Waals surface area contributed by atoms with E-state index in [4.69, 9.17) is 20.8 Å². The molecule has 0 atom stereocenters. The minimum Gasteiger partial charge on any atom is -0.452 e. The van der Waals surface area contributed by atoms with Crippen molar-refractivity contribution >= 4 is 39.9 Å². The Morgan fingerprint density at radius 1 is 1.16 bits per heavy atom. The molecule has 1 aromatic heterocycles. The van der Waals surface area contributed by atoms with Crippen LogP contribution in [0.1, 0.15) is 21.7 Å². The number of rotatable bonds is 5. The van der Waals surface area contributed by atoms with Crippen LogP contribution in [0, 0.1) is 6.92 Å². The molecule has 0 aliphatic heterocycles. The van der Waals surface area contributed by atoms with E-state index in [1.807, 2.05) is 6.92 Å². The van der Waals surface area contributed by atoms with Gasteiger partial charge in [-0.15, -0.1) is 0 Å². The fourth-order valence-corrected chi connectivity index (χ4v) is 2.70. The largest absolute Gasteiger partial charge is 0.452 e. The zero-order valence-electron chi connectivity index (χ0n) is 13.8. The standard InChI is InChI=1S/C19H16ClNO4/c1-11-15-9-14(21-17(22)10-24-2)7-8-16(15)25-19(11)18(23)12-3-5-13(20)6-4-12/h3-9H,10H2,1-2H3,(H,21,22). The van der Waals surface area contributed by atoms with E-state index in [0.717, 1.165) is 10.9 Å². The number of halogens is 1. The molecule has 2 aromatic carbocycles. The predicted molar refractivity (Wildman–Crippen MR) is 96.3 cm³/mol. The second-order valence-corrected chi connectivity index (χ2v) is 6.02. The number of aryl methyl sites for hydroxylation is 1. The lowest BCUT2D eigenvalue weighted by Crippen LogP contribution is -2.16. The molecular weight excluding hydrogens is 342 g/mol. The number of ketones is 1. The van der Waals surface area contributed by atoms with Crippen molar-refractivity contribution in [3.8, 4) is 0 Å². The maximum Gasteiger partial charge on any atom is 0.250 e. The van der Waals surface area contributed by atoms with E-state index in [1.165, 1.54) is 7.11 Å². The number of amides is 1. The van der Waals surface area contributed by atoms with Crippen molar-refractivity contribution in [1.29, 1.82) is 0 Å². The quantitative estimate of drug-likeness (QED) is 0.694. The van der Waals surface area contributed by atoms with Crippen molar-refractivity contribution in [3.05, 3.63) is 64.4 Å². The molecule has 0 unspecified atom stereocenters. The van der Waals surface area contributed by atoms with Gasteiger partial charge in [0, 0.05) is 34.3 Å². The first-order valence-corrected chi connectivity index (χ1v) is 7.99. The van der Waals surface area contributed by atoms with Crippen LogP contribution in [-0.4, -0.2) is 25.4 Å². The molecule has 1 amide bonds. The third-order valence-electron chi connectivity index (χ3n) is 3.81. The minimum absolute atomic E-state index is 0.0251. The second-order valence-electron chi connectivity index (χ2n) is 5.58. The number of hydrogen-bond donors (Lipinski definition) is 1. The summed E-state index contributed by atoms with van der Waals surface area (Å²) >= 11 is 5.86. The zero-order chi connectivity index (χ0) is 18.0. The monoisotopic (exact) mass is 357 g/mol. The van der Waals surface area contributed by atoms with Crippen molar-refractivity contribution in [2.24, 2.45) is 0 Å². The molecule has 5 nitrogen and oxygen atoms in total. The summed E-state index contributed by atoms with van der Waals surface area (Å²) in [5, 5.41) is 4.07. The van der Waals surface area contributed by atoms with E-state index in [0.29, 0.717) is 21.9 Å². The number of furan rings is 1. The van der Waals surface area contributed by atoms with Gasteiger partial charge in [0.25, 0.3) is 0 Å². The Balaban J connectivity index is 1.95. The molecule has 0 fully saturated rings. The number of anilines is 1. The number of carbonyl (C=O) groups excluding carboxylic acids is 2. The third-order valence-corrected chi connectivity index (χ3v) is 4.06. The Hall–Kier alpha value is -2.63.